The SMILES string of the molecule is CC(CS(=O)Cc1ccc(F)cc1Br)C(=O)O. The van der Waals surface area contributed by atoms with Gasteiger partial charge in [0.15, 0.2) is 0 Å². The van der Waals surface area contributed by atoms with Gasteiger partial charge in [0.05, 0.1) is 5.92 Å². The summed E-state index contributed by atoms with van der Waals surface area (Å²) >= 11 is 3.18. The number of halogens is 2. The summed E-state index contributed by atoms with van der Waals surface area (Å²) < 4.78 is 25.1. The lowest BCUT2D eigenvalue weighted by atomic mass is 10.2. The molecule has 0 amide bonds. The molecular weight excluding hydrogens is 311 g/mol. The number of hydrogen-bond donors (Lipinski definition) is 1. The van der Waals surface area contributed by atoms with Crippen molar-refractivity contribution >= 4 is 32.7 Å². The summed E-state index contributed by atoms with van der Waals surface area (Å²) in [5, 5.41) is 8.69. The molecule has 0 heterocycles. The topological polar surface area (TPSA) is 54.4 Å². The fourth-order valence-corrected chi connectivity index (χ4v) is 3.31. The van der Waals surface area contributed by atoms with Crippen molar-refractivity contribution < 1.29 is 18.5 Å². The molecule has 2 unspecified atom stereocenters. The molecule has 1 aromatic rings. The van der Waals surface area contributed by atoms with Crippen molar-refractivity contribution in [3.8, 4) is 0 Å². The first-order chi connectivity index (χ1) is 7.90. The lowest BCUT2D eigenvalue weighted by Crippen LogP contribution is -2.18. The van der Waals surface area contributed by atoms with Crippen LogP contribution in [-0.2, 0) is 21.3 Å². The Bertz CT molecular complexity index is 450. The molecule has 0 aliphatic carbocycles. The smallest absolute Gasteiger partial charge is 0.307 e. The van der Waals surface area contributed by atoms with Crippen LogP contribution in [0.2, 0.25) is 0 Å². The van der Waals surface area contributed by atoms with E-state index in [-0.39, 0.29) is 17.3 Å². The van der Waals surface area contributed by atoms with Gasteiger partial charge in [-0.25, -0.2) is 4.39 Å². The van der Waals surface area contributed by atoms with Crippen LogP contribution in [0.25, 0.3) is 0 Å². The highest BCUT2D eigenvalue weighted by Crippen LogP contribution is 2.20. The Labute approximate surface area is 110 Å². The Hall–Kier alpha value is -0.750. The predicted molar refractivity (Wildman–Crippen MR) is 67.6 cm³/mol. The van der Waals surface area contributed by atoms with Crippen molar-refractivity contribution in [3.63, 3.8) is 0 Å². The first kappa shape index (κ1) is 14.3. The van der Waals surface area contributed by atoms with Crippen molar-refractivity contribution in [1.82, 2.24) is 0 Å². The number of carboxylic acids is 1. The van der Waals surface area contributed by atoms with Crippen LogP contribution in [-0.4, -0.2) is 21.0 Å². The van der Waals surface area contributed by atoms with E-state index in [1.165, 1.54) is 19.1 Å². The second kappa shape index (κ2) is 6.26. The first-order valence-corrected chi connectivity index (χ1v) is 7.20. The zero-order valence-corrected chi connectivity index (χ0v) is 11.6. The molecule has 0 bridgehead atoms. The van der Waals surface area contributed by atoms with Crippen molar-refractivity contribution in [2.75, 3.05) is 5.75 Å². The van der Waals surface area contributed by atoms with Crippen LogP contribution in [0.3, 0.4) is 0 Å². The van der Waals surface area contributed by atoms with E-state index in [0.717, 1.165) is 0 Å². The first-order valence-electron chi connectivity index (χ1n) is 4.92. The number of aliphatic carboxylic acids is 1. The van der Waals surface area contributed by atoms with Crippen molar-refractivity contribution in [3.05, 3.63) is 34.1 Å². The largest absolute Gasteiger partial charge is 0.481 e. The highest BCUT2D eigenvalue weighted by Gasteiger charge is 2.15. The van der Waals surface area contributed by atoms with Gasteiger partial charge in [0.2, 0.25) is 0 Å². The Morgan fingerprint density at radius 1 is 1.59 bits per heavy atom. The van der Waals surface area contributed by atoms with Gasteiger partial charge in [-0.1, -0.05) is 28.9 Å². The zero-order chi connectivity index (χ0) is 13.0. The van der Waals surface area contributed by atoms with Gasteiger partial charge < -0.3 is 5.11 Å². The Morgan fingerprint density at radius 2 is 2.24 bits per heavy atom. The van der Waals surface area contributed by atoms with Gasteiger partial charge in [0.25, 0.3) is 0 Å². The summed E-state index contributed by atoms with van der Waals surface area (Å²) in [5.41, 5.74) is 0.710. The van der Waals surface area contributed by atoms with E-state index < -0.39 is 22.7 Å². The van der Waals surface area contributed by atoms with Crippen LogP contribution in [0.5, 0.6) is 0 Å². The summed E-state index contributed by atoms with van der Waals surface area (Å²) in [5.74, 6) is -1.66. The zero-order valence-electron chi connectivity index (χ0n) is 9.15. The van der Waals surface area contributed by atoms with Gasteiger partial charge >= 0.3 is 5.97 Å². The molecule has 1 N–H and O–H groups in total. The fraction of sp³-hybridized carbons (Fsp3) is 0.364. The van der Waals surface area contributed by atoms with Gasteiger partial charge in [0.1, 0.15) is 5.82 Å². The number of carboxylic acid groups (broad SMARTS) is 1. The number of rotatable bonds is 5. The highest BCUT2D eigenvalue weighted by atomic mass is 79.9. The van der Waals surface area contributed by atoms with Crippen LogP contribution >= 0.6 is 15.9 Å². The average Bonchev–Trinajstić information content (AvgIpc) is 2.22. The van der Waals surface area contributed by atoms with E-state index >= 15 is 0 Å². The highest BCUT2D eigenvalue weighted by molar-refractivity contribution is 9.10. The molecule has 6 heteroatoms. The minimum Gasteiger partial charge on any atom is -0.481 e. The van der Waals surface area contributed by atoms with Crippen molar-refractivity contribution in [1.29, 1.82) is 0 Å². The molecule has 3 nitrogen and oxygen atoms in total. The van der Waals surface area contributed by atoms with Crippen LogP contribution in [0, 0.1) is 11.7 Å². The molecule has 0 saturated heterocycles. The minimum absolute atomic E-state index is 0.0964. The van der Waals surface area contributed by atoms with Crippen LogP contribution in [0.4, 0.5) is 4.39 Å². The van der Waals surface area contributed by atoms with E-state index in [4.69, 9.17) is 5.11 Å². The van der Waals surface area contributed by atoms with Crippen LogP contribution < -0.4 is 0 Å². The van der Waals surface area contributed by atoms with E-state index in [1.807, 2.05) is 0 Å². The molecule has 17 heavy (non-hydrogen) atoms. The van der Waals surface area contributed by atoms with Crippen molar-refractivity contribution in [2.45, 2.75) is 12.7 Å². The summed E-state index contributed by atoms with van der Waals surface area (Å²) in [6.45, 7) is 1.51. The third kappa shape index (κ3) is 4.55. The van der Waals surface area contributed by atoms with Gasteiger partial charge in [-0.2, -0.15) is 0 Å². The standard InChI is InChI=1S/C11H12BrFO3S/c1-7(11(14)15)5-17(16)6-8-2-3-9(13)4-10(8)12/h2-4,7H,5-6H2,1H3,(H,14,15). The molecule has 94 valence electrons. The lowest BCUT2D eigenvalue weighted by molar-refractivity contribution is -0.140. The van der Waals surface area contributed by atoms with Crippen molar-refractivity contribution in [2.24, 2.45) is 5.92 Å². The third-order valence-corrected chi connectivity index (χ3v) is 4.43. The van der Waals surface area contributed by atoms with Gasteiger partial charge in [-0.05, 0) is 17.7 Å². The monoisotopic (exact) mass is 322 g/mol. The summed E-state index contributed by atoms with van der Waals surface area (Å²) in [6, 6.07) is 4.13. The maximum atomic E-state index is 12.8. The normalized spacial score (nSPS) is 14.3. The molecule has 1 aromatic carbocycles. The Kier molecular flexibility index (Phi) is 5.27. The Balaban J connectivity index is 2.65. The molecule has 0 saturated carbocycles. The number of benzene rings is 1. The van der Waals surface area contributed by atoms with Crippen LogP contribution in [0.15, 0.2) is 22.7 Å². The predicted octanol–water partition coefficient (Wildman–Crippen LogP) is 2.56. The molecule has 2 atom stereocenters. The lowest BCUT2D eigenvalue weighted by Gasteiger charge is -2.07. The molecule has 0 fully saturated rings. The maximum absolute atomic E-state index is 12.8. The second-order valence-electron chi connectivity index (χ2n) is 3.73. The van der Waals surface area contributed by atoms with E-state index in [2.05, 4.69) is 15.9 Å². The summed E-state index contributed by atoms with van der Waals surface area (Å²) in [7, 11) is -1.27. The minimum atomic E-state index is -1.27. The molecule has 0 aliphatic rings. The van der Waals surface area contributed by atoms with Gasteiger partial charge in [-0.3, -0.25) is 9.00 Å². The summed E-state index contributed by atoms with van der Waals surface area (Å²) in [4.78, 5) is 10.6. The van der Waals surface area contributed by atoms with Gasteiger partial charge in [-0.15, -0.1) is 0 Å². The number of carbonyl (C=O) groups is 1. The van der Waals surface area contributed by atoms with Gasteiger partial charge in [0, 0.05) is 26.8 Å². The fourth-order valence-electron chi connectivity index (χ4n) is 1.22. The van der Waals surface area contributed by atoms with E-state index in [1.54, 1.807) is 6.07 Å². The number of hydrogen-bond acceptors (Lipinski definition) is 2. The average molecular weight is 323 g/mol. The second-order valence-corrected chi connectivity index (χ2v) is 6.08. The maximum Gasteiger partial charge on any atom is 0.307 e. The third-order valence-electron chi connectivity index (χ3n) is 2.19. The Morgan fingerprint density at radius 3 is 2.76 bits per heavy atom. The molecule has 1 rings (SSSR count). The molecular formula is C11H12BrFO3S. The molecule has 0 aliphatic heterocycles. The molecule has 0 aromatic heterocycles. The quantitative estimate of drug-likeness (QED) is 0.906. The summed E-state index contributed by atoms with van der Waals surface area (Å²) in [6.07, 6.45) is 0. The molecule has 0 radical (unpaired) electrons. The van der Waals surface area contributed by atoms with E-state index in [0.29, 0.717) is 10.0 Å². The van der Waals surface area contributed by atoms with E-state index in [9.17, 15) is 13.4 Å². The molecule has 0 spiro atoms. The van der Waals surface area contributed by atoms with Crippen LogP contribution in [0.1, 0.15) is 12.5 Å².